The predicted octanol–water partition coefficient (Wildman–Crippen LogP) is 3.85. The summed E-state index contributed by atoms with van der Waals surface area (Å²) in [4.78, 5) is 14.0. The molecular weight excluding hydrogens is 350 g/mol. The van der Waals surface area contributed by atoms with Gasteiger partial charge in [0.05, 0.1) is 25.3 Å². The monoisotopic (exact) mass is 377 g/mol. The second-order valence-electron chi connectivity index (χ2n) is 5.57. The standard InChI is InChI=1S/C21H21N3O2.C2H6/c1-5-16-17(6-2)23-21(18-11-8-12-19(22-18)26-4)24-20(16)14-9-7-10-15(13-14)25-3;1-2/h5-13H,1-4H3;1-2H3/b16-5+,17-6+;. The summed E-state index contributed by atoms with van der Waals surface area (Å²) in [6, 6.07) is 13.4. The normalized spacial score (nSPS) is 11.6. The molecule has 5 heteroatoms. The number of benzene rings is 1. The van der Waals surface area contributed by atoms with Gasteiger partial charge >= 0.3 is 0 Å². The first-order valence-corrected chi connectivity index (χ1v) is 9.36. The van der Waals surface area contributed by atoms with Crippen LogP contribution in [-0.4, -0.2) is 29.2 Å². The smallest absolute Gasteiger partial charge is 0.213 e. The summed E-state index contributed by atoms with van der Waals surface area (Å²) in [6.45, 7) is 7.95. The molecule has 5 nitrogen and oxygen atoms in total. The van der Waals surface area contributed by atoms with E-state index in [1.54, 1.807) is 20.3 Å². The Morgan fingerprint density at radius 3 is 2.21 bits per heavy atom. The van der Waals surface area contributed by atoms with Gasteiger partial charge in [0.15, 0.2) is 5.82 Å². The van der Waals surface area contributed by atoms with Gasteiger partial charge in [-0.3, -0.25) is 0 Å². The van der Waals surface area contributed by atoms with Gasteiger partial charge in [0.2, 0.25) is 5.88 Å². The van der Waals surface area contributed by atoms with Gasteiger partial charge in [-0.15, -0.1) is 0 Å². The highest BCUT2D eigenvalue weighted by atomic mass is 16.5. The second-order valence-corrected chi connectivity index (χ2v) is 5.57. The third-order valence-electron chi connectivity index (χ3n) is 4.04. The number of aromatic nitrogens is 3. The highest BCUT2D eigenvalue weighted by Gasteiger charge is 2.11. The molecule has 3 aromatic rings. The molecule has 0 bridgehead atoms. The second kappa shape index (κ2) is 10.2. The molecule has 3 rings (SSSR count). The SMILES string of the molecule is C/C=c1/c(-c2cccc(OC)c2)nc(-c2cccc(OC)n2)n/c1=C/C.CC. The largest absolute Gasteiger partial charge is 0.497 e. The summed E-state index contributed by atoms with van der Waals surface area (Å²) in [6.07, 6.45) is 4.00. The van der Waals surface area contributed by atoms with Crippen molar-refractivity contribution in [3.63, 3.8) is 0 Å². The van der Waals surface area contributed by atoms with Crippen molar-refractivity contribution < 1.29 is 9.47 Å². The summed E-state index contributed by atoms with van der Waals surface area (Å²) < 4.78 is 10.6. The number of hydrogen-bond acceptors (Lipinski definition) is 5. The van der Waals surface area contributed by atoms with Crippen molar-refractivity contribution >= 4 is 12.2 Å². The Morgan fingerprint density at radius 1 is 0.821 bits per heavy atom. The van der Waals surface area contributed by atoms with Crippen LogP contribution in [0.15, 0.2) is 42.5 Å². The van der Waals surface area contributed by atoms with Crippen molar-refractivity contribution in [1.29, 1.82) is 0 Å². The average molecular weight is 377 g/mol. The molecule has 0 aliphatic heterocycles. The Bertz CT molecular complexity index is 1050. The van der Waals surface area contributed by atoms with Crippen molar-refractivity contribution in [2.75, 3.05) is 14.2 Å². The summed E-state index contributed by atoms with van der Waals surface area (Å²) in [7, 11) is 3.25. The van der Waals surface area contributed by atoms with Crippen molar-refractivity contribution in [3.8, 4) is 34.4 Å². The van der Waals surface area contributed by atoms with E-state index in [4.69, 9.17) is 14.5 Å². The first-order valence-electron chi connectivity index (χ1n) is 9.36. The molecular formula is C23H27N3O2. The van der Waals surface area contributed by atoms with Crippen LogP contribution in [0, 0.1) is 0 Å². The molecule has 0 spiro atoms. The third kappa shape index (κ3) is 4.55. The van der Waals surface area contributed by atoms with Crippen LogP contribution >= 0.6 is 0 Å². The first-order chi connectivity index (χ1) is 13.7. The average Bonchev–Trinajstić information content (AvgIpc) is 2.79. The molecule has 0 saturated heterocycles. The number of pyridine rings is 1. The maximum Gasteiger partial charge on any atom is 0.213 e. The summed E-state index contributed by atoms with van der Waals surface area (Å²) in [5.74, 6) is 1.87. The molecule has 2 aromatic heterocycles. The molecule has 1 aromatic carbocycles. The van der Waals surface area contributed by atoms with Gasteiger partial charge in [-0.1, -0.05) is 44.2 Å². The predicted molar refractivity (Wildman–Crippen MR) is 115 cm³/mol. The van der Waals surface area contributed by atoms with E-state index in [2.05, 4.69) is 9.97 Å². The highest BCUT2D eigenvalue weighted by molar-refractivity contribution is 5.65. The molecule has 0 unspecified atom stereocenters. The van der Waals surface area contributed by atoms with E-state index in [0.717, 1.165) is 27.6 Å². The fourth-order valence-electron chi connectivity index (χ4n) is 2.75. The quantitative estimate of drug-likeness (QED) is 0.691. The van der Waals surface area contributed by atoms with Crippen LogP contribution in [-0.2, 0) is 0 Å². The number of ether oxygens (including phenoxy) is 2. The van der Waals surface area contributed by atoms with Crippen LogP contribution in [0.1, 0.15) is 27.7 Å². The topological polar surface area (TPSA) is 57.1 Å². The van der Waals surface area contributed by atoms with Gasteiger partial charge in [0.1, 0.15) is 11.4 Å². The van der Waals surface area contributed by atoms with Crippen LogP contribution in [0.3, 0.4) is 0 Å². The maximum atomic E-state index is 5.36. The lowest BCUT2D eigenvalue weighted by molar-refractivity contribution is 0.398. The number of nitrogens with zero attached hydrogens (tertiary/aromatic N) is 3. The summed E-state index contributed by atoms with van der Waals surface area (Å²) in [5, 5.41) is 1.84. The van der Waals surface area contributed by atoms with Crippen LogP contribution in [0.25, 0.3) is 34.9 Å². The molecule has 0 fully saturated rings. The Labute approximate surface area is 166 Å². The van der Waals surface area contributed by atoms with Gasteiger partial charge < -0.3 is 9.47 Å². The Balaban J connectivity index is 0.00000136. The molecule has 0 N–H and O–H groups in total. The summed E-state index contributed by atoms with van der Waals surface area (Å²) in [5.41, 5.74) is 2.47. The molecule has 28 heavy (non-hydrogen) atoms. The highest BCUT2D eigenvalue weighted by Crippen LogP contribution is 2.21. The van der Waals surface area contributed by atoms with Crippen molar-refractivity contribution in [3.05, 3.63) is 53.0 Å². The van der Waals surface area contributed by atoms with E-state index in [-0.39, 0.29) is 0 Å². The van der Waals surface area contributed by atoms with Crippen LogP contribution in [0.2, 0.25) is 0 Å². The zero-order valence-corrected chi connectivity index (χ0v) is 17.4. The van der Waals surface area contributed by atoms with E-state index >= 15 is 0 Å². The number of rotatable bonds is 4. The zero-order chi connectivity index (χ0) is 20.5. The lowest BCUT2D eigenvalue weighted by atomic mass is 10.1. The van der Waals surface area contributed by atoms with Gasteiger partial charge in [-0.2, -0.15) is 0 Å². The fraction of sp³-hybridized carbons (Fsp3) is 0.261. The van der Waals surface area contributed by atoms with Gasteiger partial charge in [-0.25, -0.2) is 15.0 Å². The van der Waals surface area contributed by atoms with E-state index in [0.29, 0.717) is 17.4 Å². The molecule has 0 atom stereocenters. The zero-order valence-electron chi connectivity index (χ0n) is 17.4. The molecule has 0 aliphatic rings. The molecule has 146 valence electrons. The van der Waals surface area contributed by atoms with E-state index in [9.17, 15) is 0 Å². The first kappa shape index (κ1) is 21.1. The minimum atomic E-state index is 0.530. The molecule has 0 saturated carbocycles. The van der Waals surface area contributed by atoms with Crippen molar-refractivity contribution in [2.24, 2.45) is 0 Å². The third-order valence-corrected chi connectivity index (χ3v) is 4.04. The van der Waals surface area contributed by atoms with Crippen molar-refractivity contribution in [2.45, 2.75) is 27.7 Å². The molecule has 2 heterocycles. The van der Waals surface area contributed by atoms with E-state index in [1.165, 1.54) is 0 Å². The fourth-order valence-corrected chi connectivity index (χ4v) is 2.75. The Morgan fingerprint density at radius 2 is 1.57 bits per heavy atom. The number of methoxy groups -OCH3 is 2. The van der Waals surface area contributed by atoms with Crippen LogP contribution in [0.4, 0.5) is 0 Å². The van der Waals surface area contributed by atoms with E-state index < -0.39 is 0 Å². The van der Waals surface area contributed by atoms with Gasteiger partial charge in [0, 0.05) is 16.8 Å². The minimum Gasteiger partial charge on any atom is -0.497 e. The Hall–Kier alpha value is -3.21. The summed E-state index contributed by atoms with van der Waals surface area (Å²) >= 11 is 0. The lowest BCUT2D eigenvalue weighted by Crippen LogP contribution is -2.31. The lowest BCUT2D eigenvalue weighted by Gasteiger charge is -2.09. The Kier molecular flexibility index (Phi) is 7.69. The van der Waals surface area contributed by atoms with Crippen molar-refractivity contribution in [1.82, 2.24) is 15.0 Å². The van der Waals surface area contributed by atoms with Gasteiger partial charge in [0.25, 0.3) is 0 Å². The molecule has 0 amide bonds. The van der Waals surface area contributed by atoms with Gasteiger partial charge in [-0.05, 0) is 32.0 Å². The van der Waals surface area contributed by atoms with E-state index in [1.807, 2.05) is 76.2 Å². The molecule has 0 aliphatic carbocycles. The molecule has 0 radical (unpaired) electrons. The minimum absolute atomic E-state index is 0.530. The maximum absolute atomic E-state index is 5.36. The van der Waals surface area contributed by atoms with Crippen LogP contribution in [0.5, 0.6) is 11.6 Å². The van der Waals surface area contributed by atoms with Crippen LogP contribution < -0.4 is 20.0 Å². The number of hydrogen-bond donors (Lipinski definition) is 0.